The Hall–Kier alpha value is -3.15. The molecule has 0 aliphatic heterocycles. The van der Waals surface area contributed by atoms with Gasteiger partial charge in [0.2, 0.25) is 5.75 Å². The average Bonchev–Trinajstić information content (AvgIpc) is 2.74. The first-order valence-electron chi connectivity index (χ1n) is 9.58. The predicted molar refractivity (Wildman–Crippen MR) is 112 cm³/mol. The van der Waals surface area contributed by atoms with Gasteiger partial charge in [0.1, 0.15) is 17.9 Å². The highest BCUT2D eigenvalue weighted by atomic mass is 16.5. The highest BCUT2D eigenvalue weighted by molar-refractivity contribution is 5.81. The van der Waals surface area contributed by atoms with Gasteiger partial charge in [0, 0.05) is 17.5 Å². The van der Waals surface area contributed by atoms with Crippen LogP contribution in [-0.4, -0.2) is 21.3 Å². The molecule has 0 aliphatic rings. The monoisotopic (exact) mass is 398 g/mol. The van der Waals surface area contributed by atoms with Crippen LogP contribution in [0.15, 0.2) is 45.6 Å². The van der Waals surface area contributed by atoms with Crippen molar-refractivity contribution in [2.45, 2.75) is 32.8 Å². The maximum Gasteiger partial charge on any atom is 0.336 e. The fraction of sp³-hybridized carbons (Fsp3) is 0.348. The fourth-order valence-corrected chi connectivity index (χ4v) is 3.26. The second kappa shape index (κ2) is 9.37. The lowest BCUT2D eigenvalue weighted by molar-refractivity contribution is 0.298. The summed E-state index contributed by atoms with van der Waals surface area (Å²) in [5, 5.41) is 0.943. The number of rotatable bonds is 9. The van der Waals surface area contributed by atoms with Crippen LogP contribution in [-0.2, 0) is 13.0 Å². The van der Waals surface area contributed by atoms with Crippen molar-refractivity contribution in [3.8, 4) is 23.0 Å². The van der Waals surface area contributed by atoms with E-state index in [0.29, 0.717) is 35.2 Å². The van der Waals surface area contributed by atoms with Gasteiger partial charge in [0.15, 0.2) is 11.5 Å². The lowest BCUT2D eigenvalue weighted by atomic mass is 10.0. The van der Waals surface area contributed by atoms with Crippen molar-refractivity contribution in [3.63, 3.8) is 0 Å². The molecule has 2 aromatic carbocycles. The number of hydrogen-bond donors (Lipinski definition) is 0. The Balaban J connectivity index is 1.85. The van der Waals surface area contributed by atoms with E-state index >= 15 is 0 Å². The van der Waals surface area contributed by atoms with Gasteiger partial charge in [-0.25, -0.2) is 4.79 Å². The van der Waals surface area contributed by atoms with Crippen molar-refractivity contribution < 1.29 is 23.4 Å². The van der Waals surface area contributed by atoms with Crippen LogP contribution in [0.25, 0.3) is 11.0 Å². The summed E-state index contributed by atoms with van der Waals surface area (Å²) in [5.41, 5.74) is 2.06. The summed E-state index contributed by atoms with van der Waals surface area (Å²) in [6, 6.07) is 10.8. The van der Waals surface area contributed by atoms with Gasteiger partial charge in [0.05, 0.1) is 21.3 Å². The van der Waals surface area contributed by atoms with Crippen LogP contribution in [0.5, 0.6) is 23.0 Å². The largest absolute Gasteiger partial charge is 0.493 e. The van der Waals surface area contributed by atoms with E-state index in [1.165, 1.54) is 0 Å². The summed E-state index contributed by atoms with van der Waals surface area (Å²) in [4.78, 5) is 11.9. The Bertz CT molecular complexity index is 1010. The molecule has 0 unspecified atom stereocenters. The molecule has 3 rings (SSSR count). The number of methoxy groups -OCH3 is 3. The molecule has 6 nitrogen and oxygen atoms in total. The second-order valence-corrected chi connectivity index (χ2v) is 6.67. The molecule has 0 N–H and O–H groups in total. The van der Waals surface area contributed by atoms with Crippen LogP contribution < -0.4 is 24.6 Å². The van der Waals surface area contributed by atoms with E-state index < -0.39 is 0 Å². The van der Waals surface area contributed by atoms with E-state index in [2.05, 4.69) is 6.92 Å². The molecule has 1 aromatic heterocycles. The van der Waals surface area contributed by atoms with E-state index in [-0.39, 0.29) is 5.63 Å². The minimum atomic E-state index is -0.342. The number of hydrogen-bond acceptors (Lipinski definition) is 6. The van der Waals surface area contributed by atoms with E-state index in [4.69, 9.17) is 23.4 Å². The Morgan fingerprint density at radius 3 is 2.28 bits per heavy atom. The number of aryl methyl sites for hydroxylation is 1. The third-order valence-electron chi connectivity index (χ3n) is 4.73. The summed E-state index contributed by atoms with van der Waals surface area (Å²) < 4.78 is 27.4. The molecule has 0 amide bonds. The van der Waals surface area contributed by atoms with Crippen molar-refractivity contribution in [1.82, 2.24) is 0 Å². The third kappa shape index (κ3) is 4.65. The first-order valence-corrected chi connectivity index (χ1v) is 9.58. The van der Waals surface area contributed by atoms with Gasteiger partial charge in [-0.15, -0.1) is 0 Å². The van der Waals surface area contributed by atoms with Crippen molar-refractivity contribution in [2.24, 2.45) is 0 Å². The van der Waals surface area contributed by atoms with Crippen molar-refractivity contribution in [2.75, 3.05) is 21.3 Å². The van der Waals surface area contributed by atoms with Gasteiger partial charge in [0.25, 0.3) is 0 Å². The molecule has 0 atom stereocenters. The van der Waals surface area contributed by atoms with Crippen LogP contribution in [0.3, 0.4) is 0 Å². The van der Waals surface area contributed by atoms with Gasteiger partial charge < -0.3 is 23.4 Å². The lowest BCUT2D eigenvalue weighted by Gasteiger charge is -2.14. The molecule has 0 bridgehead atoms. The molecule has 0 saturated carbocycles. The predicted octanol–water partition coefficient (Wildman–Crippen LogP) is 4.74. The van der Waals surface area contributed by atoms with Crippen molar-refractivity contribution >= 4 is 11.0 Å². The Morgan fingerprint density at radius 2 is 1.66 bits per heavy atom. The zero-order valence-electron chi connectivity index (χ0n) is 17.2. The SMILES string of the molecule is CCCCc1cc(=O)oc2cc(OCc3cc(OC)c(OC)c(OC)c3)ccc12. The molecule has 0 radical (unpaired) electrons. The molecule has 1 heterocycles. The van der Waals surface area contributed by atoms with Gasteiger partial charge in [-0.1, -0.05) is 13.3 Å². The van der Waals surface area contributed by atoms with E-state index in [9.17, 15) is 4.79 Å². The summed E-state index contributed by atoms with van der Waals surface area (Å²) in [5.74, 6) is 2.28. The number of unbranched alkanes of at least 4 members (excludes halogenated alkanes) is 1. The van der Waals surface area contributed by atoms with Crippen LogP contribution >= 0.6 is 0 Å². The van der Waals surface area contributed by atoms with Crippen LogP contribution in [0.2, 0.25) is 0 Å². The minimum Gasteiger partial charge on any atom is -0.493 e. The topological polar surface area (TPSA) is 67.1 Å². The van der Waals surface area contributed by atoms with Gasteiger partial charge in [-0.05, 0) is 48.2 Å². The molecule has 0 aliphatic carbocycles. The van der Waals surface area contributed by atoms with Gasteiger partial charge in [-0.2, -0.15) is 0 Å². The molecular formula is C23H26O6. The highest BCUT2D eigenvalue weighted by Crippen LogP contribution is 2.38. The number of benzene rings is 2. The summed E-state index contributed by atoms with van der Waals surface area (Å²) in [6.07, 6.45) is 2.94. The summed E-state index contributed by atoms with van der Waals surface area (Å²) >= 11 is 0. The first kappa shape index (κ1) is 20.6. The zero-order chi connectivity index (χ0) is 20.8. The van der Waals surface area contributed by atoms with Crippen LogP contribution in [0.1, 0.15) is 30.9 Å². The molecule has 6 heteroatoms. The average molecular weight is 398 g/mol. The molecule has 0 saturated heterocycles. The normalized spacial score (nSPS) is 10.8. The molecule has 0 fully saturated rings. The summed E-state index contributed by atoms with van der Waals surface area (Å²) in [6.45, 7) is 2.42. The Morgan fingerprint density at radius 1 is 0.931 bits per heavy atom. The standard InChI is InChI=1S/C23H26O6/c1-5-6-7-16-12-22(24)29-19-13-17(8-9-18(16)19)28-14-15-10-20(25-2)23(27-4)21(11-15)26-3/h8-13H,5-7,14H2,1-4H3. The quantitative estimate of drug-likeness (QED) is 0.485. The van der Waals surface area contributed by atoms with E-state index in [0.717, 1.165) is 35.8 Å². The fourth-order valence-electron chi connectivity index (χ4n) is 3.26. The van der Waals surface area contributed by atoms with E-state index in [1.807, 2.05) is 24.3 Å². The molecule has 154 valence electrons. The van der Waals surface area contributed by atoms with Gasteiger partial charge >= 0.3 is 5.63 Å². The first-order chi connectivity index (χ1) is 14.1. The second-order valence-electron chi connectivity index (χ2n) is 6.67. The lowest BCUT2D eigenvalue weighted by Crippen LogP contribution is -2.02. The molecular weight excluding hydrogens is 372 g/mol. The maximum atomic E-state index is 11.9. The van der Waals surface area contributed by atoms with Crippen LogP contribution in [0.4, 0.5) is 0 Å². The Labute approximate surface area is 170 Å². The number of ether oxygens (including phenoxy) is 4. The maximum absolute atomic E-state index is 11.9. The highest BCUT2D eigenvalue weighted by Gasteiger charge is 2.14. The molecule has 0 spiro atoms. The van der Waals surface area contributed by atoms with Crippen LogP contribution in [0, 0.1) is 0 Å². The van der Waals surface area contributed by atoms with Gasteiger partial charge in [-0.3, -0.25) is 0 Å². The third-order valence-corrected chi connectivity index (χ3v) is 4.73. The minimum absolute atomic E-state index is 0.294. The zero-order valence-corrected chi connectivity index (χ0v) is 17.2. The Kier molecular flexibility index (Phi) is 6.65. The number of fused-ring (bicyclic) bond motifs is 1. The molecule has 29 heavy (non-hydrogen) atoms. The summed E-state index contributed by atoms with van der Waals surface area (Å²) in [7, 11) is 4.71. The molecule has 3 aromatic rings. The van der Waals surface area contributed by atoms with E-state index in [1.54, 1.807) is 33.5 Å². The van der Waals surface area contributed by atoms with Crippen molar-refractivity contribution in [3.05, 3.63) is 57.9 Å². The smallest absolute Gasteiger partial charge is 0.336 e. The van der Waals surface area contributed by atoms with Crippen molar-refractivity contribution in [1.29, 1.82) is 0 Å².